The Morgan fingerprint density at radius 1 is 1.26 bits per heavy atom. The SMILES string of the molecule is O=C(CSc1snnc1-c1ccc(Br)cc1Br)Nc1ccccc1[N+](=O)[O-]. The van der Waals surface area contributed by atoms with E-state index in [-0.39, 0.29) is 23.0 Å². The zero-order valence-corrected chi connectivity index (χ0v) is 18.2. The molecule has 27 heavy (non-hydrogen) atoms. The number of nitrogens with one attached hydrogen (secondary N) is 1. The molecule has 138 valence electrons. The summed E-state index contributed by atoms with van der Waals surface area (Å²) in [6.45, 7) is 0. The van der Waals surface area contributed by atoms with Gasteiger partial charge in [-0.15, -0.1) is 16.9 Å². The lowest BCUT2D eigenvalue weighted by molar-refractivity contribution is -0.383. The summed E-state index contributed by atoms with van der Waals surface area (Å²) in [5.41, 5.74) is 1.58. The van der Waals surface area contributed by atoms with E-state index in [9.17, 15) is 14.9 Å². The summed E-state index contributed by atoms with van der Waals surface area (Å²) in [6, 6.07) is 11.7. The number of hydrogen-bond donors (Lipinski definition) is 1. The molecule has 7 nitrogen and oxygen atoms in total. The normalized spacial score (nSPS) is 10.6. The number of amides is 1. The minimum atomic E-state index is -0.529. The molecule has 0 bridgehead atoms. The summed E-state index contributed by atoms with van der Waals surface area (Å²) >= 11 is 9.39. The maximum absolute atomic E-state index is 12.2. The van der Waals surface area contributed by atoms with Crippen LogP contribution >= 0.6 is 55.2 Å². The van der Waals surface area contributed by atoms with Crippen LogP contribution in [0.3, 0.4) is 0 Å². The van der Waals surface area contributed by atoms with Crippen LogP contribution in [0, 0.1) is 10.1 Å². The predicted molar refractivity (Wildman–Crippen MR) is 113 cm³/mol. The highest BCUT2D eigenvalue weighted by molar-refractivity contribution is 9.11. The molecule has 3 rings (SSSR count). The fraction of sp³-hybridized carbons (Fsp3) is 0.0625. The Balaban J connectivity index is 1.71. The van der Waals surface area contributed by atoms with E-state index >= 15 is 0 Å². The molecule has 1 aromatic heterocycles. The summed E-state index contributed by atoms with van der Waals surface area (Å²) in [4.78, 5) is 22.7. The van der Waals surface area contributed by atoms with Crippen molar-refractivity contribution >= 4 is 72.4 Å². The number of rotatable bonds is 6. The van der Waals surface area contributed by atoms with Crippen molar-refractivity contribution in [1.29, 1.82) is 0 Å². The maximum Gasteiger partial charge on any atom is 0.292 e. The van der Waals surface area contributed by atoms with Crippen LogP contribution in [-0.4, -0.2) is 26.2 Å². The Kier molecular flexibility index (Phi) is 6.58. The Hall–Kier alpha value is -1.82. The Morgan fingerprint density at radius 2 is 2.04 bits per heavy atom. The second-order valence-corrected chi connectivity index (χ2v) is 8.91. The molecule has 1 amide bonds. The Morgan fingerprint density at radius 3 is 2.78 bits per heavy atom. The lowest BCUT2D eigenvalue weighted by Gasteiger charge is -2.06. The number of carbonyl (C=O) groups is 1. The van der Waals surface area contributed by atoms with Gasteiger partial charge in [-0.3, -0.25) is 14.9 Å². The number of carbonyl (C=O) groups excluding carboxylic acids is 1. The van der Waals surface area contributed by atoms with Gasteiger partial charge in [-0.1, -0.05) is 54.5 Å². The third-order valence-electron chi connectivity index (χ3n) is 3.35. The molecule has 1 heterocycles. The zero-order chi connectivity index (χ0) is 19.4. The first kappa shape index (κ1) is 19.9. The highest BCUT2D eigenvalue weighted by Gasteiger charge is 2.18. The molecule has 3 aromatic rings. The van der Waals surface area contributed by atoms with Crippen molar-refractivity contribution in [3.63, 3.8) is 0 Å². The van der Waals surface area contributed by atoms with Crippen LogP contribution in [0.4, 0.5) is 11.4 Å². The Labute approximate surface area is 179 Å². The van der Waals surface area contributed by atoms with Crippen LogP contribution in [-0.2, 0) is 4.79 Å². The molecular weight excluding hydrogens is 520 g/mol. The van der Waals surface area contributed by atoms with Gasteiger partial charge < -0.3 is 5.32 Å². The summed E-state index contributed by atoms with van der Waals surface area (Å²) in [5, 5.41) is 17.8. The molecule has 11 heteroatoms. The van der Waals surface area contributed by atoms with Crippen molar-refractivity contribution < 1.29 is 9.72 Å². The molecule has 0 fully saturated rings. The minimum absolute atomic E-state index is 0.0804. The van der Waals surface area contributed by atoms with Crippen molar-refractivity contribution in [2.24, 2.45) is 0 Å². The van der Waals surface area contributed by atoms with Crippen LogP contribution in [0.5, 0.6) is 0 Å². The number of nitrogens with zero attached hydrogens (tertiary/aromatic N) is 3. The van der Waals surface area contributed by atoms with Gasteiger partial charge in [-0.25, -0.2) is 0 Å². The summed E-state index contributed by atoms with van der Waals surface area (Å²) in [6.07, 6.45) is 0. The summed E-state index contributed by atoms with van der Waals surface area (Å²) in [7, 11) is 0. The van der Waals surface area contributed by atoms with Gasteiger partial charge in [0.1, 0.15) is 15.6 Å². The van der Waals surface area contributed by atoms with Gasteiger partial charge in [-0.2, -0.15) is 0 Å². The lowest BCUT2D eigenvalue weighted by atomic mass is 10.2. The molecule has 0 radical (unpaired) electrons. The first-order valence-corrected chi connectivity index (χ1v) is 10.7. The van der Waals surface area contributed by atoms with Crippen molar-refractivity contribution in [2.75, 3.05) is 11.1 Å². The topological polar surface area (TPSA) is 98.0 Å². The van der Waals surface area contributed by atoms with Crippen molar-refractivity contribution in [1.82, 2.24) is 9.59 Å². The molecule has 0 saturated heterocycles. The average molecular weight is 530 g/mol. The fourth-order valence-corrected chi connectivity index (χ4v) is 4.96. The molecule has 0 spiro atoms. The quantitative estimate of drug-likeness (QED) is 0.262. The maximum atomic E-state index is 12.2. The number of nitro benzene ring substituents is 1. The summed E-state index contributed by atoms with van der Waals surface area (Å²) in [5.74, 6) is -0.264. The van der Waals surface area contributed by atoms with Crippen molar-refractivity contribution in [3.8, 4) is 11.3 Å². The number of aromatic nitrogens is 2. The largest absolute Gasteiger partial charge is 0.320 e. The van der Waals surface area contributed by atoms with E-state index in [0.717, 1.165) is 18.7 Å². The van der Waals surface area contributed by atoms with Crippen LogP contribution in [0.15, 0.2) is 55.6 Å². The molecule has 0 saturated carbocycles. The minimum Gasteiger partial charge on any atom is -0.320 e. The van der Waals surface area contributed by atoms with Gasteiger partial charge in [0, 0.05) is 20.6 Å². The number of benzene rings is 2. The smallest absolute Gasteiger partial charge is 0.292 e. The summed E-state index contributed by atoms with van der Waals surface area (Å²) < 4.78 is 6.55. The van der Waals surface area contributed by atoms with Gasteiger partial charge in [0.05, 0.1) is 10.7 Å². The van der Waals surface area contributed by atoms with Crippen LogP contribution in [0.2, 0.25) is 0 Å². The van der Waals surface area contributed by atoms with Crippen LogP contribution in [0.1, 0.15) is 0 Å². The lowest BCUT2D eigenvalue weighted by Crippen LogP contribution is -2.15. The van der Waals surface area contributed by atoms with E-state index in [4.69, 9.17) is 0 Å². The van der Waals surface area contributed by atoms with Gasteiger partial charge in [0.15, 0.2) is 0 Å². The van der Waals surface area contributed by atoms with Crippen LogP contribution in [0.25, 0.3) is 11.3 Å². The molecule has 0 aliphatic rings. The third kappa shape index (κ3) is 4.92. The molecule has 2 aromatic carbocycles. The average Bonchev–Trinajstić information content (AvgIpc) is 3.08. The number of thioether (sulfide) groups is 1. The zero-order valence-electron chi connectivity index (χ0n) is 13.4. The van der Waals surface area contributed by atoms with Gasteiger partial charge in [-0.05, 0) is 29.7 Å². The predicted octanol–water partition coefficient (Wildman–Crippen LogP) is 5.37. The third-order valence-corrected chi connectivity index (χ3v) is 6.46. The number of hydrogen-bond acceptors (Lipinski definition) is 7. The first-order chi connectivity index (χ1) is 13.0. The molecule has 1 N–H and O–H groups in total. The number of anilines is 1. The molecule has 0 unspecified atom stereocenters. The molecular formula is C16H10Br2N4O3S2. The number of halogens is 2. The second kappa shape index (κ2) is 8.91. The van der Waals surface area contributed by atoms with E-state index < -0.39 is 4.92 Å². The molecule has 0 aliphatic heterocycles. The second-order valence-electron chi connectivity index (χ2n) is 5.14. The van der Waals surface area contributed by atoms with Gasteiger partial charge in [0.2, 0.25) is 5.91 Å². The van der Waals surface area contributed by atoms with Crippen molar-refractivity contribution in [3.05, 3.63) is 61.5 Å². The standard InChI is InChI=1S/C16H10Br2N4O3S2/c17-9-5-6-10(11(18)7-9)15-16(27-21-20-15)26-8-14(23)19-12-3-1-2-4-13(12)22(24)25/h1-7H,8H2,(H,19,23). The Bertz CT molecular complexity index is 1010. The van der Waals surface area contributed by atoms with E-state index in [2.05, 4.69) is 46.8 Å². The van der Waals surface area contributed by atoms with E-state index in [0.29, 0.717) is 5.69 Å². The van der Waals surface area contributed by atoms with E-state index in [1.807, 2.05) is 18.2 Å². The molecule has 0 aliphatic carbocycles. The highest BCUT2D eigenvalue weighted by Crippen LogP contribution is 2.37. The molecule has 0 atom stereocenters. The first-order valence-electron chi connectivity index (χ1n) is 7.39. The van der Waals surface area contributed by atoms with E-state index in [1.165, 1.54) is 35.4 Å². The number of para-hydroxylation sites is 2. The fourth-order valence-electron chi connectivity index (χ4n) is 2.18. The van der Waals surface area contributed by atoms with E-state index in [1.54, 1.807) is 12.1 Å². The highest BCUT2D eigenvalue weighted by atomic mass is 79.9. The van der Waals surface area contributed by atoms with Gasteiger partial charge in [0.25, 0.3) is 5.69 Å². The van der Waals surface area contributed by atoms with Crippen molar-refractivity contribution in [2.45, 2.75) is 4.21 Å². The van der Waals surface area contributed by atoms with Crippen LogP contribution < -0.4 is 5.32 Å². The number of nitro groups is 1. The monoisotopic (exact) mass is 528 g/mol. The van der Waals surface area contributed by atoms with Gasteiger partial charge >= 0.3 is 0 Å².